The van der Waals surface area contributed by atoms with Crippen molar-refractivity contribution in [2.45, 2.75) is 60.0 Å². The zero-order chi connectivity index (χ0) is 14.7. The molecule has 0 saturated heterocycles. The van der Waals surface area contributed by atoms with Crippen LogP contribution >= 0.6 is 0 Å². The standard InChI is InChI=1S/C17H28O2/c1-6-19-17(13-16(5)10-11-18)12-15(4)9-7-8-14(2)3/h8,10-12,17H,6-7,9,13H2,1-5H3/b15-12+,16-10+. The van der Waals surface area contributed by atoms with Crippen LogP contribution in [0.5, 0.6) is 0 Å². The van der Waals surface area contributed by atoms with Crippen molar-refractivity contribution in [3.8, 4) is 0 Å². The van der Waals surface area contributed by atoms with E-state index in [0.29, 0.717) is 6.61 Å². The fraction of sp³-hybridized carbons (Fsp3) is 0.588. The molecule has 0 aromatic rings. The second-order valence-corrected chi connectivity index (χ2v) is 5.18. The van der Waals surface area contributed by atoms with Gasteiger partial charge in [0.15, 0.2) is 0 Å². The van der Waals surface area contributed by atoms with E-state index in [1.54, 1.807) is 6.08 Å². The molecule has 108 valence electrons. The van der Waals surface area contributed by atoms with Crippen LogP contribution in [0.1, 0.15) is 53.9 Å². The molecule has 0 heterocycles. The van der Waals surface area contributed by atoms with Crippen LogP contribution in [0.2, 0.25) is 0 Å². The highest BCUT2D eigenvalue weighted by molar-refractivity contribution is 5.65. The number of allylic oxidation sites excluding steroid dienone is 4. The van der Waals surface area contributed by atoms with Crippen LogP contribution in [0.15, 0.2) is 34.9 Å². The smallest absolute Gasteiger partial charge is 0.142 e. The molecule has 1 atom stereocenters. The van der Waals surface area contributed by atoms with E-state index in [9.17, 15) is 4.79 Å². The normalized spacial score (nSPS) is 14.2. The highest BCUT2D eigenvalue weighted by atomic mass is 16.5. The van der Waals surface area contributed by atoms with Gasteiger partial charge in [-0.15, -0.1) is 0 Å². The summed E-state index contributed by atoms with van der Waals surface area (Å²) in [7, 11) is 0. The van der Waals surface area contributed by atoms with E-state index in [0.717, 1.165) is 31.1 Å². The van der Waals surface area contributed by atoms with Gasteiger partial charge in [0.2, 0.25) is 0 Å². The van der Waals surface area contributed by atoms with Gasteiger partial charge in [0.25, 0.3) is 0 Å². The lowest BCUT2D eigenvalue weighted by molar-refractivity contribution is -0.104. The fourth-order valence-electron chi connectivity index (χ4n) is 1.87. The van der Waals surface area contributed by atoms with Crippen molar-refractivity contribution in [3.63, 3.8) is 0 Å². The minimum Gasteiger partial charge on any atom is -0.374 e. The first-order valence-electron chi connectivity index (χ1n) is 7.02. The number of aldehydes is 1. The van der Waals surface area contributed by atoms with E-state index in [4.69, 9.17) is 4.74 Å². The SMILES string of the molecule is CCOC(/C=C(\C)CCC=C(C)C)C/C(C)=C/C=O. The van der Waals surface area contributed by atoms with E-state index in [-0.39, 0.29) is 6.10 Å². The number of rotatable bonds is 9. The van der Waals surface area contributed by atoms with Crippen LogP contribution in [0.25, 0.3) is 0 Å². The molecule has 0 aliphatic rings. The molecule has 0 spiro atoms. The molecule has 0 aliphatic carbocycles. The minimum atomic E-state index is 0.0768. The van der Waals surface area contributed by atoms with Gasteiger partial charge in [-0.2, -0.15) is 0 Å². The van der Waals surface area contributed by atoms with Crippen LogP contribution in [0.3, 0.4) is 0 Å². The number of hydrogen-bond acceptors (Lipinski definition) is 2. The molecule has 0 amide bonds. The number of hydrogen-bond donors (Lipinski definition) is 0. The third-order valence-corrected chi connectivity index (χ3v) is 2.82. The molecule has 19 heavy (non-hydrogen) atoms. The Hall–Kier alpha value is -1.15. The molecule has 0 bridgehead atoms. The van der Waals surface area contributed by atoms with Gasteiger partial charge in [0.05, 0.1) is 6.10 Å². The molecule has 0 aliphatic heterocycles. The molecular formula is C17H28O2. The van der Waals surface area contributed by atoms with E-state index in [2.05, 4.69) is 32.9 Å². The maximum atomic E-state index is 10.4. The highest BCUT2D eigenvalue weighted by Crippen LogP contribution is 2.14. The zero-order valence-corrected chi connectivity index (χ0v) is 13.0. The summed E-state index contributed by atoms with van der Waals surface area (Å²) in [4.78, 5) is 10.4. The van der Waals surface area contributed by atoms with Crippen molar-refractivity contribution >= 4 is 6.29 Å². The molecule has 0 fully saturated rings. The van der Waals surface area contributed by atoms with Crippen LogP contribution in [0.4, 0.5) is 0 Å². The van der Waals surface area contributed by atoms with E-state index in [1.807, 2.05) is 13.8 Å². The molecular weight excluding hydrogens is 236 g/mol. The van der Waals surface area contributed by atoms with Gasteiger partial charge < -0.3 is 4.74 Å². The summed E-state index contributed by atoms with van der Waals surface area (Å²) in [6, 6.07) is 0. The van der Waals surface area contributed by atoms with Crippen LogP contribution in [0, 0.1) is 0 Å². The van der Waals surface area contributed by atoms with Gasteiger partial charge in [0.1, 0.15) is 6.29 Å². The van der Waals surface area contributed by atoms with Gasteiger partial charge >= 0.3 is 0 Å². The molecule has 2 nitrogen and oxygen atoms in total. The maximum absolute atomic E-state index is 10.4. The number of carbonyl (C=O) groups is 1. The zero-order valence-electron chi connectivity index (χ0n) is 13.0. The van der Waals surface area contributed by atoms with Crippen molar-refractivity contribution in [3.05, 3.63) is 34.9 Å². The Kier molecular flexibility index (Phi) is 10.1. The predicted molar refractivity (Wildman–Crippen MR) is 82.3 cm³/mol. The Labute approximate surface area is 118 Å². The summed E-state index contributed by atoms with van der Waals surface area (Å²) in [6.07, 6.45) is 9.88. The van der Waals surface area contributed by atoms with Crippen molar-refractivity contribution in [1.82, 2.24) is 0 Å². The van der Waals surface area contributed by atoms with Gasteiger partial charge in [-0.25, -0.2) is 0 Å². The second kappa shape index (κ2) is 10.7. The summed E-state index contributed by atoms with van der Waals surface area (Å²) < 4.78 is 5.71. The summed E-state index contributed by atoms with van der Waals surface area (Å²) in [5, 5.41) is 0. The number of ether oxygens (including phenoxy) is 1. The summed E-state index contributed by atoms with van der Waals surface area (Å²) in [5.74, 6) is 0. The first-order valence-corrected chi connectivity index (χ1v) is 7.02. The van der Waals surface area contributed by atoms with Gasteiger partial charge in [0, 0.05) is 6.61 Å². The van der Waals surface area contributed by atoms with Crippen LogP contribution in [-0.4, -0.2) is 19.0 Å². The van der Waals surface area contributed by atoms with Gasteiger partial charge in [-0.1, -0.05) is 28.9 Å². The molecule has 0 aromatic carbocycles. The lowest BCUT2D eigenvalue weighted by Gasteiger charge is -2.14. The largest absolute Gasteiger partial charge is 0.374 e. The van der Waals surface area contributed by atoms with Gasteiger partial charge in [-0.05, 0) is 60.0 Å². The topological polar surface area (TPSA) is 26.3 Å². The third-order valence-electron chi connectivity index (χ3n) is 2.82. The highest BCUT2D eigenvalue weighted by Gasteiger charge is 2.06. The monoisotopic (exact) mass is 264 g/mol. The molecule has 0 aromatic heterocycles. The summed E-state index contributed by atoms with van der Waals surface area (Å²) in [5.41, 5.74) is 3.76. The van der Waals surface area contributed by atoms with Crippen LogP contribution in [-0.2, 0) is 9.53 Å². The summed E-state index contributed by atoms with van der Waals surface area (Å²) in [6.45, 7) is 11.0. The van der Waals surface area contributed by atoms with Crippen molar-refractivity contribution in [1.29, 1.82) is 0 Å². The Morgan fingerprint density at radius 1 is 1.16 bits per heavy atom. The fourth-order valence-corrected chi connectivity index (χ4v) is 1.87. The van der Waals surface area contributed by atoms with Crippen molar-refractivity contribution in [2.24, 2.45) is 0 Å². The lowest BCUT2D eigenvalue weighted by Crippen LogP contribution is -2.11. The third kappa shape index (κ3) is 10.5. The lowest BCUT2D eigenvalue weighted by atomic mass is 10.0. The average molecular weight is 264 g/mol. The quantitative estimate of drug-likeness (QED) is 0.345. The summed E-state index contributed by atoms with van der Waals surface area (Å²) >= 11 is 0. The molecule has 0 N–H and O–H groups in total. The average Bonchev–Trinajstić information content (AvgIpc) is 2.28. The Bertz CT molecular complexity index is 344. The first-order chi connectivity index (χ1) is 8.99. The minimum absolute atomic E-state index is 0.0768. The van der Waals surface area contributed by atoms with E-state index >= 15 is 0 Å². The molecule has 0 saturated carbocycles. The first kappa shape index (κ1) is 17.8. The van der Waals surface area contributed by atoms with E-state index < -0.39 is 0 Å². The Morgan fingerprint density at radius 3 is 2.37 bits per heavy atom. The molecule has 1 unspecified atom stereocenters. The van der Waals surface area contributed by atoms with Crippen molar-refractivity contribution < 1.29 is 9.53 Å². The van der Waals surface area contributed by atoms with Crippen LogP contribution < -0.4 is 0 Å². The predicted octanol–water partition coefficient (Wildman–Crippen LogP) is 4.62. The molecule has 0 rings (SSSR count). The number of carbonyl (C=O) groups excluding carboxylic acids is 1. The van der Waals surface area contributed by atoms with Crippen molar-refractivity contribution in [2.75, 3.05) is 6.61 Å². The Balaban J connectivity index is 4.48. The van der Waals surface area contributed by atoms with E-state index in [1.165, 1.54) is 11.1 Å². The second-order valence-electron chi connectivity index (χ2n) is 5.18. The molecule has 2 heteroatoms. The van der Waals surface area contributed by atoms with Gasteiger partial charge in [-0.3, -0.25) is 4.79 Å². The molecule has 0 radical (unpaired) electrons. The Morgan fingerprint density at radius 2 is 1.84 bits per heavy atom. The maximum Gasteiger partial charge on any atom is 0.142 e.